The van der Waals surface area contributed by atoms with Gasteiger partial charge in [0.25, 0.3) is 0 Å². The third-order valence-corrected chi connectivity index (χ3v) is 6.93. The third-order valence-electron chi connectivity index (χ3n) is 6.93. The topological polar surface area (TPSA) is 124 Å². The summed E-state index contributed by atoms with van der Waals surface area (Å²) in [5, 5.41) is 44.3. The van der Waals surface area contributed by atoms with E-state index in [0.717, 1.165) is 26.2 Å². The van der Waals surface area contributed by atoms with E-state index in [0.29, 0.717) is 75.0 Å². The minimum absolute atomic E-state index is 0.0276. The average Bonchev–Trinajstić information content (AvgIpc) is 2.93. The van der Waals surface area contributed by atoms with E-state index >= 15 is 0 Å². The number of aromatic hydroxyl groups is 2. The highest BCUT2D eigenvalue weighted by Gasteiger charge is 2.27. The van der Waals surface area contributed by atoms with Crippen LogP contribution in [0.5, 0.6) is 23.0 Å². The zero-order valence-electron chi connectivity index (χ0n) is 22.3. The van der Waals surface area contributed by atoms with Crippen LogP contribution in [0, 0.1) is 0 Å². The van der Waals surface area contributed by atoms with Crippen LogP contribution in [0.15, 0.2) is 24.3 Å². The quantitative estimate of drug-likeness (QED) is 0.343. The summed E-state index contributed by atoms with van der Waals surface area (Å²) < 4.78 is 22.2. The number of phenolic OH excluding ortho intramolecular Hbond substituents is 2. The molecule has 2 aliphatic heterocycles. The van der Waals surface area contributed by atoms with Gasteiger partial charge in [0.15, 0.2) is 23.0 Å². The normalized spacial score (nSPS) is 18.7. The second kappa shape index (κ2) is 13.5. The van der Waals surface area contributed by atoms with E-state index in [2.05, 4.69) is 9.80 Å². The fraction of sp³-hybridized carbons (Fsp3) is 0.571. The van der Waals surface area contributed by atoms with E-state index in [1.54, 1.807) is 24.3 Å². The maximum atomic E-state index is 11.3. The fourth-order valence-electron chi connectivity index (χ4n) is 4.86. The Kier molecular flexibility index (Phi) is 10.1. The first-order chi connectivity index (χ1) is 18.4. The van der Waals surface area contributed by atoms with Crippen molar-refractivity contribution in [2.75, 3.05) is 65.8 Å². The summed E-state index contributed by atoms with van der Waals surface area (Å²) in [6.07, 6.45) is -2.62. The van der Waals surface area contributed by atoms with E-state index < -0.39 is 12.2 Å². The van der Waals surface area contributed by atoms with E-state index in [1.165, 1.54) is 0 Å². The van der Waals surface area contributed by atoms with Crippen molar-refractivity contribution in [2.45, 2.75) is 39.1 Å². The molecule has 4 rings (SSSR count). The van der Waals surface area contributed by atoms with E-state index in [1.807, 2.05) is 13.8 Å². The number of hydrogen-bond acceptors (Lipinski definition) is 10. The molecule has 2 aromatic carbocycles. The SMILES string of the molecule is CCOc1cc(C(O)C(O)c2cc(CN3CCOCC3)c(O)c(OCC)c2)cc(CN2CCOCC2)c1O. The number of benzene rings is 2. The minimum atomic E-state index is -1.31. The van der Waals surface area contributed by atoms with Crippen molar-refractivity contribution in [1.29, 1.82) is 0 Å². The van der Waals surface area contributed by atoms with Crippen molar-refractivity contribution >= 4 is 0 Å². The molecular formula is C28H40N2O8. The Balaban J connectivity index is 1.63. The number of nitrogens with zero attached hydrogens (tertiary/aromatic N) is 2. The summed E-state index contributed by atoms with van der Waals surface area (Å²) in [6, 6.07) is 6.54. The Hall–Kier alpha value is -2.60. The standard InChI is InChI=1S/C28H40N2O8/c1-3-37-23-15-19(13-21(25(23)31)17-29-5-9-35-10-6-29)27(33)28(34)20-14-22(18-30-7-11-36-12-8-30)26(32)24(16-20)38-4-2/h13-16,27-28,31-34H,3-12,17-18H2,1-2H3. The van der Waals surface area contributed by atoms with E-state index in [-0.39, 0.29) is 23.0 Å². The molecule has 2 aliphatic rings. The molecule has 2 aromatic rings. The Labute approximate surface area is 223 Å². The summed E-state index contributed by atoms with van der Waals surface area (Å²) in [4.78, 5) is 4.32. The molecule has 2 fully saturated rings. The lowest BCUT2D eigenvalue weighted by Gasteiger charge is -2.28. The summed E-state index contributed by atoms with van der Waals surface area (Å²) in [5.41, 5.74) is 2.05. The zero-order chi connectivity index (χ0) is 27.1. The van der Waals surface area contributed by atoms with Crippen LogP contribution >= 0.6 is 0 Å². The molecule has 0 radical (unpaired) electrons. The van der Waals surface area contributed by atoms with Gasteiger partial charge in [0.05, 0.1) is 39.6 Å². The molecule has 4 N–H and O–H groups in total. The van der Waals surface area contributed by atoms with Crippen LogP contribution in [0.1, 0.15) is 48.3 Å². The maximum absolute atomic E-state index is 11.3. The van der Waals surface area contributed by atoms with Crippen LogP contribution in [0.2, 0.25) is 0 Å². The highest BCUT2D eigenvalue weighted by molar-refractivity contribution is 5.51. The van der Waals surface area contributed by atoms with Crippen LogP contribution in [-0.4, -0.2) is 96.0 Å². The van der Waals surface area contributed by atoms with Crippen LogP contribution in [0.3, 0.4) is 0 Å². The van der Waals surface area contributed by atoms with Crippen molar-refractivity contribution in [3.05, 3.63) is 46.5 Å². The Morgan fingerprint density at radius 1 is 0.684 bits per heavy atom. The van der Waals surface area contributed by atoms with Gasteiger partial charge in [-0.2, -0.15) is 0 Å². The summed E-state index contributed by atoms with van der Waals surface area (Å²) in [7, 11) is 0. The van der Waals surface area contributed by atoms with Gasteiger partial charge in [-0.1, -0.05) is 0 Å². The highest BCUT2D eigenvalue weighted by Crippen LogP contribution is 2.41. The van der Waals surface area contributed by atoms with Gasteiger partial charge in [0.1, 0.15) is 12.2 Å². The Morgan fingerprint density at radius 3 is 1.39 bits per heavy atom. The molecule has 2 saturated heterocycles. The van der Waals surface area contributed by atoms with Gasteiger partial charge in [-0.25, -0.2) is 0 Å². The third kappa shape index (κ3) is 6.88. The summed E-state index contributed by atoms with van der Waals surface area (Å²) >= 11 is 0. The predicted octanol–water partition coefficient (Wildman–Crippen LogP) is 2.33. The van der Waals surface area contributed by atoms with Crippen LogP contribution in [-0.2, 0) is 22.6 Å². The molecule has 2 unspecified atom stereocenters. The number of aliphatic hydroxyl groups excluding tert-OH is 2. The first-order valence-corrected chi connectivity index (χ1v) is 13.3. The first kappa shape index (κ1) is 28.4. The van der Waals surface area contributed by atoms with E-state index in [4.69, 9.17) is 18.9 Å². The van der Waals surface area contributed by atoms with Crippen LogP contribution in [0.4, 0.5) is 0 Å². The van der Waals surface area contributed by atoms with Crippen molar-refractivity contribution in [3.63, 3.8) is 0 Å². The first-order valence-electron chi connectivity index (χ1n) is 13.3. The maximum Gasteiger partial charge on any atom is 0.162 e. The molecule has 10 nitrogen and oxygen atoms in total. The minimum Gasteiger partial charge on any atom is -0.504 e. The molecule has 38 heavy (non-hydrogen) atoms. The number of ether oxygens (including phenoxy) is 4. The molecule has 0 amide bonds. The van der Waals surface area contributed by atoms with Crippen molar-refractivity contribution < 1.29 is 39.4 Å². The van der Waals surface area contributed by atoms with Gasteiger partial charge in [0, 0.05) is 50.4 Å². The number of morpholine rings is 2. The van der Waals surface area contributed by atoms with Gasteiger partial charge in [-0.15, -0.1) is 0 Å². The number of rotatable bonds is 11. The smallest absolute Gasteiger partial charge is 0.162 e. The molecule has 10 heteroatoms. The molecule has 0 saturated carbocycles. The van der Waals surface area contributed by atoms with Gasteiger partial charge < -0.3 is 39.4 Å². The van der Waals surface area contributed by atoms with Gasteiger partial charge in [0.2, 0.25) is 0 Å². The largest absolute Gasteiger partial charge is 0.504 e. The molecule has 0 aliphatic carbocycles. The lowest BCUT2D eigenvalue weighted by molar-refractivity contribution is 0.0163. The molecule has 2 atom stereocenters. The number of phenols is 2. The lowest BCUT2D eigenvalue weighted by atomic mass is 9.94. The Morgan fingerprint density at radius 2 is 1.05 bits per heavy atom. The average molecular weight is 533 g/mol. The fourth-order valence-corrected chi connectivity index (χ4v) is 4.86. The van der Waals surface area contributed by atoms with Crippen LogP contribution < -0.4 is 9.47 Å². The van der Waals surface area contributed by atoms with Gasteiger partial charge >= 0.3 is 0 Å². The highest BCUT2D eigenvalue weighted by atomic mass is 16.5. The van der Waals surface area contributed by atoms with Crippen LogP contribution in [0.25, 0.3) is 0 Å². The van der Waals surface area contributed by atoms with Crippen molar-refractivity contribution in [2.24, 2.45) is 0 Å². The molecule has 210 valence electrons. The number of hydrogen-bond donors (Lipinski definition) is 4. The van der Waals surface area contributed by atoms with Gasteiger partial charge in [-0.3, -0.25) is 9.80 Å². The molecule has 0 bridgehead atoms. The summed E-state index contributed by atoms with van der Waals surface area (Å²) in [5.74, 6) is 0.571. The van der Waals surface area contributed by atoms with E-state index in [9.17, 15) is 20.4 Å². The second-order valence-electron chi connectivity index (χ2n) is 9.59. The van der Waals surface area contributed by atoms with Crippen molar-refractivity contribution in [1.82, 2.24) is 9.80 Å². The number of aliphatic hydroxyl groups is 2. The lowest BCUT2D eigenvalue weighted by Crippen LogP contribution is -2.35. The van der Waals surface area contributed by atoms with Gasteiger partial charge in [-0.05, 0) is 49.2 Å². The molecule has 0 aromatic heterocycles. The predicted molar refractivity (Wildman–Crippen MR) is 141 cm³/mol. The molecular weight excluding hydrogens is 492 g/mol. The Bertz CT molecular complexity index is 970. The monoisotopic (exact) mass is 532 g/mol. The zero-order valence-corrected chi connectivity index (χ0v) is 22.3. The molecule has 0 spiro atoms. The second-order valence-corrected chi connectivity index (χ2v) is 9.59. The summed E-state index contributed by atoms with van der Waals surface area (Å²) in [6.45, 7) is 10.7. The van der Waals surface area contributed by atoms with Crippen molar-refractivity contribution in [3.8, 4) is 23.0 Å². The molecule has 2 heterocycles.